The van der Waals surface area contributed by atoms with Gasteiger partial charge in [-0.3, -0.25) is 4.79 Å². The number of likely N-dealkylation sites (tertiary alicyclic amines) is 1. The predicted molar refractivity (Wildman–Crippen MR) is 105 cm³/mol. The Hall–Kier alpha value is -3.02. The number of piperidine rings is 1. The summed E-state index contributed by atoms with van der Waals surface area (Å²) < 4.78 is 13.8. The third-order valence-electron chi connectivity index (χ3n) is 5.69. The molecule has 1 atom stereocenters. The topological polar surface area (TPSA) is 56.6 Å². The molecule has 144 valence electrons. The minimum atomic E-state index is -0.552. The molecule has 0 bridgehead atoms. The summed E-state index contributed by atoms with van der Waals surface area (Å²) in [6, 6.07) is 15.7. The van der Waals surface area contributed by atoms with E-state index in [1.165, 1.54) is 5.52 Å². The van der Waals surface area contributed by atoms with E-state index in [9.17, 15) is 4.79 Å². The molecule has 1 fully saturated rings. The molecule has 3 heterocycles. The largest absolute Gasteiger partial charge is 0.485 e. The van der Waals surface area contributed by atoms with Gasteiger partial charge in [-0.05, 0) is 43.0 Å². The van der Waals surface area contributed by atoms with Crippen LogP contribution in [0.2, 0.25) is 0 Å². The highest BCUT2D eigenvalue weighted by Gasteiger charge is 2.33. The second-order valence-electron chi connectivity index (χ2n) is 7.52. The Bertz CT molecular complexity index is 991. The van der Waals surface area contributed by atoms with Crippen molar-refractivity contribution in [1.82, 2.24) is 14.5 Å². The van der Waals surface area contributed by atoms with E-state index in [0.29, 0.717) is 17.4 Å². The van der Waals surface area contributed by atoms with Crippen LogP contribution in [-0.2, 0) is 11.3 Å². The van der Waals surface area contributed by atoms with Gasteiger partial charge in [0.25, 0.3) is 5.91 Å². The molecule has 2 aromatic carbocycles. The van der Waals surface area contributed by atoms with E-state index < -0.39 is 6.10 Å². The normalized spacial score (nSPS) is 19.7. The molecule has 2 aliphatic heterocycles. The molecule has 0 saturated carbocycles. The molecule has 6 nitrogen and oxygen atoms in total. The van der Waals surface area contributed by atoms with Crippen molar-refractivity contribution in [2.75, 3.05) is 19.7 Å². The van der Waals surface area contributed by atoms with E-state index in [0.717, 1.165) is 38.0 Å². The number of para-hydroxylation sites is 4. The molecule has 0 spiro atoms. The number of hydrogen-bond acceptors (Lipinski definition) is 4. The zero-order valence-electron chi connectivity index (χ0n) is 15.7. The van der Waals surface area contributed by atoms with E-state index in [1.54, 1.807) is 0 Å². The second-order valence-corrected chi connectivity index (χ2v) is 7.52. The first-order chi connectivity index (χ1) is 13.8. The van der Waals surface area contributed by atoms with Gasteiger partial charge in [0.2, 0.25) is 6.10 Å². The van der Waals surface area contributed by atoms with Crippen LogP contribution in [0.15, 0.2) is 54.9 Å². The minimum absolute atomic E-state index is 0.0287. The molecule has 5 rings (SSSR count). The number of carbonyl (C=O) groups is 1. The Morgan fingerprint density at radius 3 is 2.64 bits per heavy atom. The summed E-state index contributed by atoms with van der Waals surface area (Å²) in [5.74, 6) is 1.93. The van der Waals surface area contributed by atoms with Crippen LogP contribution in [0.5, 0.6) is 11.5 Å². The van der Waals surface area contributed by atoms with E-state index in [2.05, 4.69) is 15.6 Å². The average Bonchev–Trinajstić information content (AvgIpc) is 3.16. The van der Waals surface area contributed by atoms with Crippen LogP contribution in [0.3, 0.4) is 0 Å². The zero-order chi connectivity index (χ0) is 18.9. The van der Waals surface area contributed by atoms with E-state index in [4.69, 9.17) is 9.47 Å². The monoisotopic (exact) mass is 377 g/mol. The Morgan fingerprint density at radius 1 is 1.04 bits per heavy atom. The van der Waals surface area contributed by atoms with Gasteiger partial charge in [0.15, 0.2) is 11.5 Å². The maximum Gasteiger partial charge on any atom is 0.267 e. The van der Waals surface area contributed by atoms with Crippen LogP contribution >= 0.6 is 0 Å². The highest BCUT2D eigenvalue weighted by atomic mass is 16.6. The van der Waals surface area contributed by atoms with Crippen molar-refractivity contribution < 1.29 is 14.3 Å². The van der Waals surface area contributed by atoms with Gasteiger partial charge in [0.05, 0.1) is 17.4 Å². The van der Waals surface area contributed by atoms with Crippen LogP contribution in [0.4, 0.5) is 0 Å². The Labute approximate surface area is 163 Å². The van der Waals surface area contributed by atoms with Gasteiger partial charge >= 0.3 is 0 Å². The summed E-state index contributed by atoms with van der Waals surface area (Å²) in [7, 11) is 0. The number of aromatic nitrogens is 2. The number of hydrogen-bond donors (Lipinski definition) is 0. The van der Waals surface area contributed by atoms with Crippen molar-refractivity contribution >= 4 is 16.9 Å². The predicted octanol–water partition coefficient (Wildman–Crippen LogP) is 3.11. The summed E-state index contributed by atoms with van der Waals surface area (Å²) >= 11 is 0. The molecule has 1 unspecified atom stereocenters. The third kappa shape index (κ3) is 3.19. The standard InChI is InChI=1S/C22H23N3O3/c26-22(21-14-27-19-7-3-4-8-20(19)28-21)24-11-9-16(10-12-24)13-25-15-23-17-5-1-2-6-18(17)25/h1-8,15-16,21H,9-14H2. The first kappa shape index (κ1) is 17.1. The van der Waals surface area contributed by atoms with Crippen LogP contribution < -0.4 is 9.47 Å². The Balaban J connectivity index is 1.19. The number of benzene rings is 2. The number of ether oxygens (including phenoxy) is 2. The fraction of sp³-hybridized carbons (Fsp3) is 0.364. The molecule has 6 heteroatoms. The van der Waals surface area contributed by atoms with Gasteiger partial charge in [0, 0.05) is 19.6 Å². The number of nitrogens with zero attached hydrogens (tertiary/aromatic N) is 3. The SMILES string of the molecule is O=C(C1COc2ccccc2O1)N1CCC(Cn2cnc3ccccc32)CC1. The zero-order valence-corrected chi connectivity index (χ0v) is 15.7. The molecular weight excluding hydrogens is 354 g/mol. The molecule has 3 aromatic rings. The molecule has 2 aliphatic rings. The van der Waals surface area contributed by atoms with Crippen molar-refractivity contribution in [3.63, 3.8) is 0 Å². The van der Waals surface area contributed by atoms with Crippen molar-refractivity contribution in [2.45, 2.75) is 25.5 Å². The summed E-state index contributed by atoms with van der Waals surface area (Å²) in [6.07, 6.45) is 3.35. The van der Waals surface area contributed by atoms with E-state index in [-0.39, 0.29) is 12.5 Å². The Kier molecular flexibility index (Phi) is 4.39. The van der Waals surface area contributed by atoms with Crippen LogP contribution in [-0.4, -0.2) is 46.2 Å². The van der Waals surface area contributed by atoms with E-state index >= 15 is 0 Å². The first-order valence-electron chi connectivity index (χ1n) is 9.85. The summed E-state index contributed by atoms with van der Waals surface area (Å²) in [5.41, 5.74) is 2.21. The molecule has 1 saturated heterocycles. The lowest BCUT2D eigenvalue weighted by molar-refractivity contribution is -0.142. The molecule has 1 aromatic heterocycles. The van der Waals surface area contributed by atoms with Gasteiger partial charge in [0.1, 0.15) is 6.61 Å². The fourth-order valence-electron chi connectivity index (χ4n) is 4.11. The quantitative estimate of drug-likeness (QED) is 0.704. The van der Waals surface area contributed by atoms with Gasteiger partial charge in [-0.15, -0.1) is 0 Å². The summed E-state index contributed by atoms with van der Waals surface area (Å²) in [5, 5.41) is 0. The van der Waals surface area contributed by atoms with Gasteiger partial charge < -0.3 is 18.9 Å². The maximum absolute atomic E-state index is 12.9. The molecule has 0 radical (unpaired) electrons. The third-order valence-corrected chi connectivity index (χ3v) is 5.69. The molecule has 0 N–H and O–H groups in total. The first-order valence-corrected chi connectivity index (χ1v) is 9.85. The van der Waals surface area contributed by atoms with Crippen molar-refractivity contribution in [2.24, 2.45) is 5.92 Å². The number of amides is 1. The second kappa shape index (κ2) is 7.19. The molecule has 0 aliphatic carbocycles. The lowest BCUT2D eigenvalue weighted by atomic mass is 9.96. The number of rotatable bonds is 3. The van der Waals surface area contributed by atoms with Crippen molar-refractivity contribution in [3.8, 4) is 11.5 Å². The molecular formula is C22H23N3O3. The fourth-order valence-corrected chi connectivity index (χ4v) is 4.11. The minimum Gasteiger partial charge on any atom is -0.485 e. The number of imidazole rings is 1. The number of fused-ring (bicyclic) bond motifs is 2. The highest BCUT2D eigenvalue weighted by Crippen LogP contribution is 2.32. The van der Waals surface area contributed by atoms with E-state index in [1.807, 2.05) is 53.7 Å². The lowest BCUT2D eigenvalue weighted by Crippen LogP contribution is -2.49. The van der Waals surface area contributed by atoms with Crippen molar-refractivity contribution in [3.05, 3.63) is 54.9 Å². The van der Waals surface area contributed by atoms with Crippen LogP contribution in [0.25, 0.3) is 11.0 Å². The summed E-state index contributed by atoms with van der Waals surface area (Å²) in [6.45, 7) is 2.74. The number of carbonyl (C=O) groups excluding carboxylic acids is 1. The highest BCUT2D eigenvalue weighted by molar-refractivity contribution is 5.82. The van der Waals surface area contributed by atoms with Gasteiger partial charge in [-0.1, -0.05) is 24.3 Å². The van der Waals surface area contributed by atoms with Crippen LogP contribution in [0.1, 0.15) is 12.8 Å². The Morgan fingerprint density at radius 2 is 1.79 bits per heavy atom. The lowest BCUT2D eigenvalue weighted by Gasteiger charge is -2.35. The maximum atomic E-state index is 12.9. The van der Waals surface area contributed by atoms with Gasteiger partial charge in [-0.25, -0.2) is 4.98 Å². The van der Waals surface area contributed by atoms with Crippen molar-refractivity contribution in [1.29, 1.82) is 0 Å². The van der Waals surface area contributed by atoms with Crippen LogP contribution in [0, 0.1) is 5.92 Å². The smallest absolute Gasteiger partial charge is 0.267 e. The molecule has 1 amide bonds. The van der Waals surface area contributed by atoms with Gasteiger partial charge in [-0.2, -0.15) is 0 Å². The average molecular weight is 377 g/mol. The molecule has 28 heavy (non-hydrogen) atoms. The summed E-state index contributed by atoms with van der Waals surface area (Å²) in [4.78, 5) is 19.3.